The largest absolute Gasteiger partial charge is 0.493 e. The molecule has 0 saturated carbocycles. The highest BCUT2D eigenvalue weighted by molar-refractivity contribution is 7.99. The molecule has 3 aromatic rings. The summed E-state index contributed by atoms with van der Waals surface area (Å²) in [5.41, 5.74) is -1.15. The number of methoxy groups -OCH3 is 2. The fourth-order valence-corrected chi connectivity index (χ4v) is 4.54. The van der Waals surface area contributed by atoms with Crippen molar-refractivity contribution in [3.05, 3.63) is 64.6 Å². The molecule has 3 rings (SSSR count). The molecule has 0 saturated heterocycles. The third-order valence-electron chi connectivity index (χ3n) is 4.24. The molecule has 174 valence electrons. The number of aromatic nitrogens is 2. The van der Waals surface area contributed by atoms with Crippen LogP contribution < -0.4 is 20.3 Å². The minimum atomic E-state index is -4.23. The van der Waals surface area contributed by atoms with Crippen molar-refractivity contribution in [3.63, 3.8) is 0 Å². The van der Waals surface area contributed by atoms with Gasteiger partial charge in [-0.15, -0.1) is 0 Å². The Morgan fingerprint density at radius 3 is 2.48 bits per heavy atom. The number of thioether (sulfide) groups is 1. The van der Waals surface area contributed by atoms with E-state index in [4.69, 9.17) is 9.47 Å². The predicted octanol–water partition coefficient (Wildman–Crippen LogP) is 2.63. The Hall–Kier alpha value is -3.45. The molecule has 2 aromatic carbocycles. The van der Waals surface area contributed by atoms with Gasteiger partial charge in [0.2, 0.25) is 15.7 Å². The van der Waals surface area contributed by atoms with Crippen molar-refractivity contribution in [2.75, 3.05) is 25.3 Å². The van der Waals surface area contributed by atoms with Crippen LogP contribution in [0.1, 0.15) is 0 Å². The number of hydrogen-bond donors (Lipinski definition) is 2. The number of amides is 1. The summed E-state index contributed by atoms with van der Waals surface area (Å²) in [7, 11) is -1.49. The van der Waals surface area contributed by atoms with Crippen LogP contribution in [0.3, 0.4) is 0 Å². The van der Waals surface area contributed by atoms with E-state index >= 15 is 0 Å². The van der Waals surface area contributed by atoms with Gasteiger partial charge in [-0.1, -0.05) is 11.8 Å². The normalized spacial score (nSPS) is 11.2. The van der Waals surface area contributed by atoms with Gasteiger partial charge in [0.05, 0.1) is 36.8 Å². The van der Waals surface area contributed by atoms with Gasteiger partial charge in [0.25, 0.3) is 5.56 Å². The van der Waals surface area contributed by atoms with Crippen molar-refractivity contribution in [1.29, 1.82) is 0 Å². The molecule has 0 unspecified atom stereocenters. The van der Waals surface area contributed by atoms with Crippen LogP contribution in [0, 0.1) is 11.6 Å². The van der Waals surface area contributed by atoms with Gasteiger partial charge >= 0.3 is 0 Å². The number of carbonyl (C=O) groups is 1. The van der Waals surface area contributed by atoms with Crippen LogP contribution in [0.5, 0.6) is 11.5 Å². The van der Waals surface area contributed by atoms with E-state index < -0.39 is 37.8 Å². The molecule has 0 aliphatic heterocycles. The summed E-state index contributed by atoms with van der Waals surface area (Å²) in [5.74, 6) is -2.17. The van der Waals surface area contributed by atoms with Gasteiger partial charge in [-0.05, 0) is 24.3 Å². The fraction of sp³-hybridized carbons (Fsp3) is 0.150. The Morgan fingerprint density at radius 2 is 1.85 bits per heavy atom. The molecule has 0 bridgehead atoms. The molecule has 1 aromatic heterocycles. The maximum absolute atomic E-state index is 13.6. The molecule has 0 spiro atoms. The summed E-state index contributed by atoms with van der Waals surface area (Å²) in [6.45, 7) is 0. The second kappa shape index (κ2) is 10.0. The number of rotatable bonds is 8. The van der Waals surface area contributed by atoms with E-state index in [0.29, 0.717) is 11.8 Å². The Morgan fingerprint density at radius 1 is 1.12 bits per heavy atom. The molecule has 33 heavy (non-hydrogen) atoms. The number of anilines is 1. The first-order chi connectivity index (χ1) is 15.6. The first-order valence-corrected chi connectivity index (χ1v) is 11.6. The summed E-state index contributed by atoms with van der Waals surface area (Å²) in [6.07, 6.45) is 0.880. The average molecular weight is 498 g/mol. The van der Waals surface area contributed by atoms with Crippen LogP contribution in [0.4, 0.5) is 14.5 Å². The lowest BCUT2D eigenvalue weighted by Crippen LogP contribution is -2.20. The number of aromatic amines is 1. The molecule has 9 nitrogen and oxygen atoms in total. The van der Waals surface area contributed by atoms with Crippen LogP contribution in [0.25, 0.3) is 0 Å². The standard InChI is InChI=1S/C20H17F2N3O6S2/c1-30-15-6-4-12(8-16(15)31-2)33(28,29)17-9-23-20(25-19(17)27)32-10-18(26)24-14-5-3-11(21)7-13(14)22/h3-9H,10H2,1-2H3,(H,24,26)(H,23,25,27). The maximum atomic E-state index is 13.6. The topological polar surface area (TPSA) is 127 Å². The Bertz CT molecular complexity index is 1360. The number of carbonyl (C=O) groups excluding carboxylic acids is 1. The van der Waals surface area contributed by atoms with E-state index in [1.807, 2.05) is 0 Å². The van der Waals surface area contributed by atoms with Gasteiger partial charge < -0.3 is 19.8 Å². The smallest absolute Gasteiger partial charge is 0.270 e. The number of halogens is 2. The molecule has 0 atom stereocenters. The fourth-order valence-electron chi connectivity index (χ4n) is 2.65. The molecule has 2 N–H and O–H groups in total. The quantitative estimate of drug-likeness (QED) is 0.359. The first-order valence-electron chi connectivity index (χ1n) is 9.10. The molecule has 0 radical (unpaired) electrons. The van der Waals surface area contributed by atoms with Crippen LogP contribution in [-0.2, 0) is 14.6 Å². The second-order valence-corrected chi connectivity index (χ2v) is 9.25. The third-order valence-corrected chi connectivity index (χ3v) is 6.88. The molecular formula is C20H17F2N3O6S2. The Kier molecular flexibility index (Phi) is 7.33. The van der Waals surface area contributed by atoms with Crippen molar-refractivity contribution in [3.8, 4) is 11.5 Å². The molecule has 13 heteroatoms. The van der Waals surface area contributed by atoms with Crippen molar-refractivity contribution >= 4 is 33.2 Å². The Labute approximate surface area is 191 Å². The number of benzene rings is 2. The zero-order valence-corrected chi connectivity index (χ0v) is 18.9. The van der Waals surface area contributed by atoms with E-state index in [1.165, 1.54) is 32.4 Å². The van der Waals surface area contributed by atoms with E-state index in [-0.39, 0.29) is 27.2 Å². The third kappa shape index (κ3) is 5.49. The molecule has 0 fully saturated rings. The van der Waals surface area contributed by atoms with Crippen molar-refractivity contribution in [2.24, 2.45) is 0 Å². The average Bonchev–Trinajstić information content (AvgIpc) is 2.78. The van der Waals surface area contributed by atoms with Crippen molar-refractivity contribution in [1.82, 2.24) is 9.97 Å². The molecule has 1 heterocycles. The van der Waals surface area contributed by atoms with Crippen LogP contribution in [0.2, 0.25) is 0 Å². The predicted molar refractivity (Wildman–Crippen MR) is 116 cm³/mol. The summed E-state index contributed by atoms with van der Waals surface area (Å²) in [6, 6.07) is 6.55. The zero-order valence-electron chi connectivity index (χ0n) is 17.2. The summed E-state index contributed by atoms with van der Waals surface area (Å²) in [5, 5.41) is 2.23. The monoisotopic (exact) mass is 497 g/mol. The van der Waals surface area contributed by atoms with E-state index in [2.05, 4.69) is 15.3 Å². The molecular weight excluding hydrogens is 480 g/mol. The lowest BCUT2D eigenvalue weighted by molar-refractivity contribution is -0.113. The van der Waals surface area contributed by atoms with E-state index in [1.54, 1.807) is 0 Å². The van der Waals surface area contributed by atoms with Gasteiger partial charge in [-0.3, -0.25) is 9.59 Å². The first kappa shape index (κ1) is 24.2. The van der Waals surface area contributed by atoms with Gasteiger partial charge in [0.1, 0.15) is 11.6 Å². The lowest BCUT2D eigenvalue weighted by Gasteiger charge is -2.10. The number of H-pyrrole nitrogens is 1. The SMILES string of the molecule is COc1ccc(S(=O)(=O)c2cnc(SCC(=O)Nc3ccc(F)cc3F)[nH]c2=O)cc1OC. The summed E-state index contributed by atoms with van der Waals surface area (Å²) >= 11 is 0.791. The van der Waals surface area contributed by atoms with Gasteiger partial charge in [-0.2, -0.15) is 0 Å². The highest BCUT2D eigenvalue weighted by Crippen LogP contribution is 2.31. The molecule has 0 aliphatic carbocycles. The van der Waals surface area contributed by atoms with Gasteiger partial charge in [0, 0.05) is 12.1 Å². The van der Waals surface area contributed by atoms with Crippen LogP contribution in [0.15, 0.2) is 62.3 Å². The highest BCUT2D eigenvalue weighted by atomic mass is 32.2. The number of ether oxygens (including phenoxy) is 2. The highest BCUT2D eigenvalue weighted by Gasteiger charge is 2.24. The molecule has 1 amide bonds. The minimum absolute atomic E-state index is 0.0269. The maximum Gasteiger partial charge on any atom is 0.270 e. The van der Waals surface area contributed by atoms with E-state index in [0.717, 1.165) is 30.1 Å². The molecule has 0 aliphatic rings. The van der Waals surface area contributed by atoms with Crippen molar-refractivity contribution in [2.45, 2.75) is 14.9 Å². The Balaban J connectivity index is 1.74. The van der Waals surface area contributed by atoms with Crippen molar-refractivity contribution < 1.29 is 31.5 Å². The second-order valence-electron chi connectivity index (χ2n) is 6.36. The summed E-state index contributed by atoms with van der Waals surface area (Å²) in [4.78, 5) is 29.8. The van der Waals surface area contributed by atoms with Gasteiger partial charge in [-0.25, -0.2) is 22.2 Å². The lowest BCUT2D eigenvalue weighted by atomic mass is 10.3. The zero-order chi connectivity index (χ0) is 24.2. The number of sulfone groups is 1. The number of nitrogens with one attached hydrogen (secondary N) is 2. The van der Waals surface area contributed by atoms with Crippen LogP contribution >= 0.6 is 11.8 Å². The van der Waals surface area contributed by atoms with Crippen LogP contribution in [-0.4, -0.2) is 44.3 Å². The number of hydrogen-bond acceptors (Lipinski definition) is 8. The minimum Gasteiger partial charge on any atom is -0.493 e. The summed E-state index contributed by atoms with van der Waals surface area (Å²) < 4.78 is 62.5. The van der Waals surface area contributed by atoms with E-state index in [9.17, 15) is 26.8 Å². The number of nitrogens with zero attached hydrogens (tertiary/aromatic N) is 1. The van der Waals surface area contributed by atoms with Gasteiger partial charge in [0.15, 0.2) is 21.6 Å².